The maximum absolute atomic E-state index is 5.86. The molecule has 0 aromatic carbocycles. The van der Waals surface area contributed by atoms with E-state index in [2.05, 4.69) is 9.88 Å². The Bertz CT molecular complexity index is 412. The van der Waals surface area contributed by atoms with Crippen molar-refractivity contribution in [3.8, 4) is 11.5 Å². The van der Waals surface area contributed by atoms with Crippen LogP contribution in [0.1, 0.15) is 25.0 Å². The highest BCUT2D eigenvalue weighted by molar-refractivity contribution is 5.42. The zero-order valence-corrected chi connectivity index (χ0v) is 11.8. The van der Waals surface area contributed by atoms with Gasteiger partial charge in [0, 0.05) is 31.4 Å². The van der Waals surface area contributed by atoms with Crippen molar-refractivity contribution in [2.45, 2.75) is 31.8 Å². The van der Waals surface area contributed by atoms with E-state index in [4.69, 9.17) is 15.2 Å². The largest absolute Gasteiger partial charge is 0.493 e. The second-order valence-corrected chi connectivity index (χ2v) is 4.85. The third-order valence-corrected chi connectivity index (χ3v) is 3.74. The van der Waals surface area contributed by atoms with Crippen molar-refractivity contribution in [1.29, 1.82) is 0 Å². The Morgan fingerprint density at radius 2 is 2.21 bits per heavy atom. The first-order valence-corrected chi connectivity index (χ1v) is 6.80. The molecule has 1 unspecified atom stereocenters. The Labute approximate surface area is 114 Å². The first-order valence-electron chi connectivity index (χ1n) is 6.80. The van der Waals surface area contributed by atoms with Crippen molar-refractivity contribution in [1.82, 2.24) is 9.88 Å². The van der Waals surface area contributed by atoms with Gasteiger partial charge < -0.3 is 15.2 Å². The number of piperidine rings is 1. The van der Waals surface area contributed by atoms with Gasteiger partial charge in [-0.25, -0.2) is 0 Å². The molecule has 2 N–H and O–H groups in total. The van der Waals surface area contributed by atoms with E-state index in [9.17, 15) is 0 Å². The molecule has 0 bridgehead atoms. The molecule has 1 aliphatic heterocycles. The van der Waals surface area contributed by atoms with E-state index in [1.807, 2.05) is 6.07 Å². The predicted octanol–water partition coefficient (Wildman–Crippen LogP) is 1.41. The summed E-state index contributed by atoms with van der Waals surface area (Å²) in [5.74, 6) is 1.46. The topological polar surface area (TPSA) is 60.6 Å². The van der Waals surface area contributed by atoms with Crippen LogP contribution in [0.15, 0.2) is 12.3 Å². The van der Waals surface area contributed by atoms with Crippen molar-refractivity contribution in [2.75, 3.05) is 27.3 Å². The third-order valence-electron chi connectivity index (χ3n) is 3.74. The molecule has 2 heterocycles. The van der Waals surface area contributed by atoms with Crippen molar-refractivity contribution in [3.05, 3.63) is 18.0 Å². The van der Waals surface area contributed by atoms with Crippen LogP contribution in [-0.4, -0.2) is 43.2 Å². The summed E-state index contributed by atoms with van der Waals surface area (Å²) < 4.78 is 10.7. The van der Waals surface area contributed by atoms with Gasteiger partial charge in [-0.15, -0.1) is 0 Å². The van der Waals surface area contributed by atoms with E-state index in [-0.39, 0.29) is 0 Å². The predicted molar refractivity (Wildman–Crippen MR) is 74.4 cm³/mol. The van der Waals surface area contributed by atoms with Gasteiger partial charge in [-0.05, 0) is 19.4 Å². The van der Waals surface area contributed by atoms with Gasteiger partial charge in [-0.3, -0.25) is 9.88 Å². The van der Waals surface area contributed by atoms with Gasteiger partial charge in [0.2, 0.25) is 0 Å². The summed E-state index contributed by atoms with van der Waals surface area (Å²) in [6.45, 7) is 2.54. The van der Waals surface area contributed by atoms with Gasteiger partial charge >= 0.3 is 0 Å². The minimum Gasteiger partial charge on any atom is -0.493 e. The van der Waals surface area contributed by atoms with Gasteiger partial charge in [0.15, 0.2) is 11.5 Å². The maximum Gasteiger partial charge on any atom is 0.183 e. The summed E-state index contributed by atoms with van der Waals surface area (Å²) >= 11 is 0. The second-order valence-electron chi connectivity index (χ2n) is 4.85. The lowest BCUT2D eigenvalue weighted by Gasteiger charge is -2.34. The normalized spacial score (nSPS) is 20.3. The highest BCUT2D eigenvalue weighted by atomic mass is 16.5. The van der Waals surface area contributed by atoms with Crippen LogP contribution >= 0.6 is 0 Å². The molecule has 106 valence electrons. The van der Waals surface area contributed by atoms with Crippen LogP contribution in [0, 0.1) is 0 Å². The number of hydrogen-bond acceptors (Lipinski definition) is 5. The van der Waals surface area contributed by atoms with E-state index >= 15 is 0 Å². The van der Waals surface area contributed by atoms with Gasteiger partial charge in [-0.1, -0.05) is 6.42 Å². The highest BCUT2D eigenvalue weighted by Gasteiger charge is 2.23. The summed E-state index contributed by atoms with van der Waals surface area (Å²) in [4.78, 5) is 6.83. The summed E-state index contributed by atoms with van der Waals surface area (Å²) in [6.07, 6.45) is 5.42. The number of likely N-dealkylation sites (tertiary alicyclic amines) is 1. The molecule has 5 heteroatoms. The molecule has 0 radical (unpaired) electrons. The molecule has 0 saturated carbocycles. The van der Waals surface area contributed by atoms with Crippen molar-refractivity contribution in [2.24, 2.45) is 5.73 Å². The number of aromatic nitrogens is 1. The molecule has 19 heavy (non-hydrogen) atoms. The average Bonchev–Trinajstić information content (AvgIpc) is 2.47. The van der Waals surface area contributed by atoms with E-state index in [0.717, 1.165) is 30.3 Å². The molecule has 5 nitrogen and oxygen atoms in total. The Kier molecular flexibility index (Phi) is 4.99. The number of hydrogen-bond donors (Lipinski definition) is 1. The number of rotatable bonds is 5. The molecule has 1 atom stereocenters. The monoisotopic (exact) mass is 265 g/mol. The number of pyridine rings is 1. The van der Waals surface area contributed by atoms with Gasteiger partial charge in [0.05, 0.1) is 14.2 Å². The smallest absolute Gasteiger partial charge is 0.183 e. The minimum atomic E-state index is 0.450. The van der Waals surface area contributed by atoms with Crippen LogP contribution in [0.5, 0.6) is 11.5 Å². The Morgan fingerprint density at radius 3 is 2.89 bits per heavy atom. The van der Waals surface area contributed by atoms with Gasteiger partial charge in [0.25, 0.3) is 0 Å². The molecule has 0 aliphatic carbocycles. The third kappa shape index (κ3) is 3.16. The van der Waals surface area contributed by atoms with E-state index in [1.165, 1.54) is 19.3 Å². The van der Waals surface area contributed by atoms with Crippen molar-refractivity contribution < 1.29 is 9.47 Å². The molecule has 1 aromatic rings. The van der Waals surface area contributed by atoms with Crippen LogP contribution in [0.25, 0.3) is 0 Å². The summed E-state index contributed by atoms with van der Waals surface area (Å²) in [5, 5.41) is 0. The number of ether oxygens (including phenoxy) is 2. The molecule has 1 saturated heterocycles. The number of nitrogens with two attached hydrogens (primary N) is 1. The van der Waals surface area contributed by atoms with E-state index in [1.54, 1.807) is 20.4 Å². The Morgan fingerprint density at radius 1 is 1.37 bits per heavy atom. The standard InChI is InChI=1S/C14H23N3O2/c1-18-13-6-7-16-12(14(13)19-2)10-17-8-4-3-5-11(17)9-15/h6-7,11H,3-5,8-10,15H2,1-2H3. The molecular formula is C14H23N3O2. The molecule has 0 amide bonds. The Hall–Kier alpha value is -1.33. The lowest BCUT2D eigenvalue weighted by Crippen LogP contribution is -2.43. The number of nitrogens with zero attached hydrogens (tertiary/aromatic N) is 2. The number of methoxy groups -OCH3 is 2. The van der Waals surface area contributed by atoms with E-state index < -0.39 is 0 Å². The van der Waals surface area contributed by atoms with Crippen LogP contribution in [-0.2, 0) is 6.54 Å². The van der Waals surface area contributed by atoms with E-state index in [0.29, 0.717) is 12.6 Å². The molecular weight excluding hydrogens is 242 g/mol. The summed E-state index contributed by atoms with van der Waals surface area (Å²) in [6, 6.07) is 2.27. The first kappa shape index (κ1) is 14.1. The highest BCUT2D eigenvalue weighted by Crippen LogP contribution is 2.31. The molecule has 0 spiro atoms. The summed E-state index contributed by atoms with van der Waals surface area (Å²) in [7, 11) is 3.30. The average molecular weight is 265 g/mol. The quantitative estimate of drug-likeness (QED) is 0.872. The second kappa shape index (κ2) is 6.73. The van der Waals surface area contributed by atoms with Gasteiger partial charge in [-0.2, -0.15) is 0 Å². The molecule has 1 fully saturated rings. The van der Waals surface area contributed by atoms with Crippen LogP contribution < -0.4 is 15.2 Å². The van der Waals surface area contributed by atoms with Crippen LogP contribution in [0.3, 0.4) is 0 Å². The minimum absolute atomic E-state index is 0.450. The van der Waals surface area contributed by atoms with Gasteiger partial charge in [0.1, 0.15) is 5.69 Å². The van der Waals surface area contributed by atoms with Crippen molar-refractivity contribution in [3.63, 3.8) is 0 Å². The fourth-order valence-corrected chi connectivity index (χ4v) is 2.69. The Balaban J connectivity index is 2.17. The first-order chi connectivity index (χ1) is 9.30. The zero-order chi connectivity index (χ0) is 13.7. The lowest BCUT2D eigenvalue weighted by atomic mass is 10.0. The fraction of sp³-hybridized carbons (Fsp3) is 0.643. The zero-order valence-electron chi connectivity index (χ0n) is 11.8. The summed E-state index contributed by atoms with van der Waals surface area (Å²) in [5.41, 5.74) is 6.77. The molecule has 2 rings (SSSR count). The van der Waals surface area contributed by atoms with Crippen LogP contribution in [0.4, 0.5) is 0 Å². The van der Waals surface area contributed by atoms with Crippen LogP contribution in [0.2, 0.25) is 0 Å². The lowest BCUT2D eigenvalue weighted by molar-refractivity contribution is 0.141. The molecule has 1 aromatic heterocycles. The SMILES string of the molecule is COc1ccnc(CN2CCCCC2CN)c1OC. The van der Waals surface area contributed by atoms with Crippen molar-refractivity contribution >= 4 is 0 Å². The fourth-order valence-electron chi connectivity index (χ4n) is 2.69. The molecule has 1 aliphatic rings. The maximum atomic E-state index is 5.86.